The van der Waals surface area contributed by atoms with E-state index in [1.807, 2.05) is 24.3 Å². The van der Waals surface area contributed by atoms with Crippen LogP contribution in [0.15, 0.2) is 84.9 Å². The predicted molar refractivity (Wildman–Crippen MR) is 133 cm³/mol. The summed E-state index contributed by atoms with van der Waals surface area (Å²) in [5.74, 6) is -3.28. The van der Waals surface area contributed by atoms with E-state index in [4.69, 9.17) is 25.1 Å². The molecule has 1 aliphatic heterocycles. The topological polar surface area (TPSA) is 122 Å². The van der Waals surface area contributed by atoms with E-state index < -0.39 is 11.9 Å². The van der Waals surface area contributed by atoms with Crippen LogP contribution in [0.25, 0.3) is 0 Å². The Bertz CT molecular complexity index is 1070. The van der Waals surface area contributed by atoms with E-state index in [0.29, 0.717) is 23.6 Å². The van der Waals surface area contributed by atoms with Gasteiger partial charge in [-0.1, -0.05) is 72.8 Å². The Balaban J connectivity index is 0.000000509. The van der Waals surface area contributed by atoms with E-state index in [-0.39, 0.29) is 0 Å². The van der Waals surface area contributed by atoms with Gasteiger partial charge in [-0.15, -0.1) is 0 Å². The van der Waals surface area contributed by atoms with Gasteiger partial charge in [0.1, 0.15) is 0 Å². The SMILES string of the molecule is N#Cc1ccc(CN[C@@H]2CC[C@H](C(c3ccccc3)c3ccccc3)NC2)cc1.O=C(O)C(=O)O. The van der Waals surface area contributed by atoms with Crippen molar-refractivity contribution in [2.24, 2.45) is 0 Å². The maximum absolute atomic E-state index is 9.10. The molecule has 0 unspecified atom stereocenters. The van der Waals surface area contributed by atoms with Crippen LogP contribution in [-0.4, -0.2) is 40.8 Å². The van der Waals surface area contributed by atoms with Crippen LogP contribution in [0.4, 0.5) is 0 Å². The number of carboxylic acid groups (broad SMARTS) is 2. The monoisotopic (exact) mass is 471 g/mol. The lowest BCUT2D eigenvalue weighted by Crippen LogP contribution is -2.49. The van der Waals surface area contributed by atoms with E-state index in [1.54, 1.807) is 0 Å². The minimum Gasteiger partial charge on any atom is -0.473 e. The lowest BCUT2D eigenvalue weighted by molar-refractivity contribution is -0.159. The first kappa shape index (κ1) is 25.6. The van der Waals surface area contributed by atoms with Crippen molar-refractivity contribution in [3.8, 4) is 6.07 Å². The summed E-state index contributed by atoms with van der Waals surface area (Å²) in [6, 6.07) is 32.6. The predicted octanol–water partition coefficient (Wildman–Crippen LogP) is 3.76. The van der Waals surface area contributed by atoms with Gasteiger partial charge < -0.3 is 20.8 Å². The number of hydrogen-bond donors (Lipinski definition) is 4. The molecule has 0 spiro atoms. The second-order valence-electron chi connectivity index (χ2n) is 8.39. The maximum Gasteiger partial charge on any atom is 0.414 e. The molecule has 0 bridgehead atoms. The number of nitrogens with one attached hydrogen (secondary N) is 2. The highest BCUT2D eigenvalue weighted by Gasteiger charge is 2.29. The zero-order valence-electron chi connectivity index (χ0n) is 19.3. The fourth-order valence-electron chi connectivity index (χ4n) is 4.27. The summed E-state index contributed by atoms with van der Waals surface area (Å²) >= 11 is 0. The van der Waals surface area contributed by atoms with Crippen molar-refractivity contribution < 1.29 is 19.8 Å². The first-order valence-corrected chi connectivity index (χ1v) is 11.5. The minimum atomic E-state index is -1.82. The van der Waals surface area contributed by atoms with Gasteiger partial charge in [-0.25, -0.2) is 9.59 Å². The molecule has 1 saturated heterocycles. The van der Waals surface area contributed by atoms with Crippen LogP contribution in [-0.2, 0) is 16.1 Å². The highest BCUT2D eigenvalue weighted by molar-refractivity contribution is 6.27. The van der Waals surface area contributed by atoms with Crippen molar-refractivity contribution in [1.29, 1.82) is 5.26 Å². The molecule has 2 atom stereocenters. The van der Waals surface area contributed by atoms with Gasteiger partial charge in [0.25, 0.3) is 0 Å². The molecule has 3 aromatic carbocycles. The molecular weight excluding hydrogens is 442 g/mol. The summed E-state index contributed by atoms with van der Waals surface area (Å²) < 4.78 is 0. The van der Waals surface area contributed by atoms with E-state index in [2.05, 4.69) is 77.4 Å². The van der Waals surface area contributed by atoms with Crippen molar-refractivity contribution in [2.45, 2.75) is 37.4 Å². The second kappa shape index (κ2) is 13.0. The van der Waals surface area contributed by atoms with Gasteiger partial charge >= 0.3 is 11.9 Å². The Morgan fingerprint density at radius 1 is 0.886 bits per heavy atom. The standard InChI is InChI=1S/C26H27N3.C2H2O4/c27-17-20-11-13-21(14-12-20)18-28-24-15-16-25(29-19-24)26(22-7-3-1-4-8-22)23-9-5-2-6-10-23;3-1(4)2(5)6/h1-14,24-26,28-29H,15-16,18-19H2;(H,3,4)(H,5,6)/t24-,25-;/m1./s1. The number of hydrogen-bond acceptors (Lipinski definition) is 5. The summed E-state index contributed by atoms with van der Waals surface area (Å²) in [5.41, 5.74) is 4.68. The third-order valence-corrected chi connectivity index (χ3v) is 6.03. The van der Waals surface area contributed by atoms with E-state index in [9.17, 15) is 0 Å². The molecule has 0 amide bonds. The molecule has 7 heteroatoms. The van der Waals surface area contributed by atoms with Crippen LogP contribution in [0.3, 0.4) is 0 Å². The van der Waals surface area contributed by atoms with Crippen LogP contribution in [0.2, 0.25) is 0 Å². The summed E-state index contributed by atoms with van der Waals surface area (Å²) in [5, 5.41) is 31.2. The van der Waals surface area contributed by atoms with Crippen molar-refractivity contribution in [3.05, 3.63) is 107 Å². The third-order valence-electron chi connectivity index (χ3n) is 6.03. The summed E-state index contributed by atoms with van der Waals surface area (Å²) in [4.78, 5) is 18.2. The number of rotatable bonds is 6. The first-order chi connectivity index (χ1) is 17.0. The number of benzene rings is 3. The average molecular weight is 472 g/mol. The molecule has 4 N–H and O–H groups in total. The molecule has 0 saturated carbocycles. The molecule has 4 rings (SSSR count). The van der Waals surface area contributed by atoms with Crippen molar-refractivity contribution in [2.75, 3.05) is 6.54 Å². The van der Waals surface area contributed by atoms with Gasteiger partial charge in [-0.05, 0) is 41.7 Å². The Kier molecular flexibility index (Phi) is 9.55. The van der Waals surface area contributed by atoms with Crippen molar-refractivity contribution >= 4 is 11.9 Å². The molecule has 0 aliphatic carbocycles. The van der Waals surface area contributed by atoms with Crippen LogP contribution < -0.4 is 10.6 Å². The Hall–Kier alpha value is -3.99. The average Bonchev–Trinajstić information content (AvgIpc) is 2.90. The largest absolute Gasteiger partial charge is 0.473 e. The Labute approximate surface area is 205 Å². The van der Waals surface area contributed by atoms with Gasteiger partial charge in [0.2, 0.25) is 0 Å². The Morgan fingerprint density at radius 3 is 1.86 bits per heavy atom. The van der Waals surface area contributed by atoms with E-state index in [1.165, 1.54) is 16.7 Å². The third kappa shape index (κ3) is 7.78. The number of carbonyl (C=O) groups is 2. The molecule has 1 aliphatic rings. The van der Waals surface area contributed by atoms with Gasteiger partial charge in [0, 0.05) is 31.1 Å². The molecule has 0 radical (unpaired) electrons. The normalized spacial score (nSPS) is 17.0. The molecule has 3 aromatic rings. The van der Waals surface area contributed by atoms with Gasteiger partial charge in [-0.2, -0.15) is 5.26 Å². The lowest BCUT2D eigenvalue weighted by Gasteiger charge is -2.36. The number of piperidine rings is 1. The van der Waals surface area contributed by atoms with Crippen molar-refractivity contribution in [3.63, 3.8) is 0 Å². The van der Waals surface area contributed by atoms with Gasteiger partial charge in [0.05, 0.1) is 11.6 Å². The molecule has 0 aromatic heterocycles. The summed E-state index contributed by atoms with van der Waals surface area (Å²) in [6.45, 7) is 1.81. The fraction of sp³-hybridized carbons (Fsp3) is 0.250. The number of nitrogens with zero attached hydrogens (tertiary/aromatic N) is 1. The fourth-order valence-corrected chi connectivity index (χ4v) is 4.27. The zero-order valence-corrected chi connectivity index (χ0v) is 19.3. The van der Waals surface area contributed by atoms with Crippen LogP contribution in [0, 0.1) is 11.3 Å². The molecule has 1 heterocycles. The van der Waals surface area contributed by atoms with Crippen LogP contribution >= 0.6 is 0 Å². The van der Waals surface area contributed by atoms with Gasteiger partial charge in [-0.3, -0.25) is 0 Å². The highest BCUT2D eigenvalue weighted by Crippen LogP contribution is 2.31. The number of nitriles is 1. The number of carboxylic acids is 2. The molecule has 7 nitrogen and oxygen atoms in total. The molecule has 35 heavy (non-hydrogen) atoms. The molecular formula is C28H29N3O4. The molecule has 1 fully saturated rings. The first-order valence-electron chi connectivity index (χ1n) is 11.5. The van der Waals surface area contributed by atoms with Gasteiger partial charge in [0.15, 0.2) is 0 Å². The van der Waals surface area contributed by atoms with Crippen LogP contribution in [0.5, 0.6) is 0 Å². The second-order valence-corrected chi connectivity index (χ2v) is 8.39. The van der Waals surface area contributed by atoms with Crippen molar-refractivity contribution in [1.82, 2.24) is 10.6 Å². The van der Waals surface area contributed by atoms with Crippen LogP contribution in [0.1, 0.15) is 41.0 Å². The Morgan fingerprint density at radius 2 is 1.43 bits per heavy atom. The maximum atomic E-state index is 9.10. The lowest BCUT2D eigenvalue weighted by atomic mass is 9.81. The van der Waals surface area contributed by atoms with E-state index in [0.717, 1.165) is 25.9 Å². The minimum absolute atomic E-state index is 0.372. The smallest absolute Gasteiger partial charge is 0.414 e. The van der Waals surface area contributed by atoms with E-state index >= 15 is 0 Å². The number of aliphatic carboxylic acids is 2. The summed E-state index contributed by atoms with van der Waals surface area (Å²) in [6.07, 6.45) is 2.30. The quantitative estimate of drug-likeness (QED) is 0.404. The summed E-state index contributed by atoms with van der Waals surface area (Å²) in [7, 11) is 0. The molecule has 180 valence electrons. The highest BCUT2D eigenvalue weighted by atomic mass is 16.4. The zero-order chi connectivity index (χ0) is 25.0.